The highest BCUT2D eigenvalue weighted by atomic mass is 32.1. The molecule has 180 valence electrons. The molecule has 0 spiro atoms. The third-order valence-corrected chi connectivity index (χ3v) is 7.78. The Morgan fingerprint density at radius 2 is 1.83 bits per heavy atom. The number of aromatic hydroxyl groups is 1. The summed E-state index contributed by atoms with van der Waals surface area (Å²) in [7, 11) is 3.28. The van der Waals surface area contributed by atoms with Gasteiger partial charge in [-0.25, -0.2) is 4.99 Å². The van der Waals surface area contributed by atoms with Crippen LogP contribution in [0.4, 0.5) is 0 Å². The number of allylic oxidation sites excluding steroid dienone is 1. The highest BCUT2D eigenvalue weighted by molar-refractivity contribution is 7.07. The summed E-state index contributed by atoms with van der Waals surface area (Å²) in [5.74, 6) is 1.58. The number of hydrogen-bond donors (Lipinski definition) is 1. The van der Waals surface area contributed by atoms with Crippen LogP contribution in [0.2, 0.25) is 0 Å². The van der Waals surface area contributed by atoms with E-state index in [1.54, 1.807) is 43.1 Å². The number of hydrogen-bond acceptors (Lipinski definition) is 6. The molecular weight excluding hydrogens is 472 g/mol. The van der Waals surface area contributed by atoms with Crippen LogP contribution in [0.5, 0.6) is 17.2 Å². The lowest BCUT2D eigenvalue weighted by atomic mass is 9.83. The van der Waals surface area contributed by atoms with Crippen molar-refractivity contribution in [1.82, 2.24) is 4.57 Å². The van der Waals surface area contributed by atoms with Gasteiger partial charge in [-0.05, 0) is 65.9 Å². The predicted octanol–water partition coefficient (Wildman–Crippen LogP) is 4.04. The molecule has 1 aliphatic carbocycles. The van der Waals surface area contributed by atoms with Crippen LogP contribution < -0.4 is 24.4 Å². The summed E-state index contributed by atoms with van der Waals surface area (Å²) in [5, 5.41) is 9.64. The van der Waals surface area contributed by atoms with Gasteiger partial charge in [0.2, 0.25) is 0 Å². The number of thiazole rings is 1. The van der Waals surface area contributed by atoms with Gasteiger partial charge in [-0.3, -0.25) is 9.36 Å². The molecule has 0 amide bonds. The first-order chi connectivity index (χ1) is 17.6. The molecule has 4 aromatic rings. The van der Waals surface area contributed by atoms with E-state index in [0.717, 1.165) is 40.8 Å². The summed E-state index contributed by atoms with van der Waals surface area (Å²) in [6.45, 7) is 0. The van der Waals surface area contributed by atoms with Crippen molar-refractivity contribution in [3.05, 3.63) is 114 Å². The van der Waals surface area contributed by atoms with Crippen molar-refractivity contribution >= 4 is 23.1 Å². The highest BCUT2D eigenvalue weighted by Crippen LogP contribution is 2.44. The molecule has 0 fully saturated rings. The van der Waals surface area contributed by atoms with Gasteiger partial charge in [0.1, 0.15) is 17.2 Å². The first kappa shape index (κ1) is 22.4. The van der Waals surface area contributed by atoms with Gasteiger partial charge in [-0.2, -0.15) is 0 Å². The molecule has 1 aliphatic heterocycles. The Balaban J connectivity index is 1.65. The van der Waals surface area contributed by atoms with Crippen LogP contribution in [0.1, 0.15) is 34.7 Å². The van der Waals surface area contributed by atoms with Gasteiger partial charge in [-0.15, -0.1) is 0 Å². The quantitative estimate of drug-likeness (QED) is 0.463. The smallest absolute Gasteiger partial charge is 0.271 e. The highest BCUT2D eigenvalue weighted by Gasteiger charge is 2.34. The topological polar surface area (TPSA) is 73.1 Å². The first-order valence-electron chi connectivity index (χ1n) is 11.7. The lowest BCUT2D eigenvalue weighted by Crippen LogP contribution is -2.39. The summed E-state index contributed by atoms with van der Waals surface area (Å²) in [5.41, 5.74) is 6.01. The van der Waals surface area contributed by atoms with Crippen LogP contribution in [-0.2, 0) is 6.42 Å². The number of nitrogens with zero attached hydrogens (tertiary/aromatic N) is 2. The van der Waals surface area contributed by atoms with E-state index in [1.807, 2.05) is 30.3 Å². The van der Waals surface area contributed by atoms with Crippen LogP contribution >= 0.6 is 11.3 Å². The Morgan fingerprint density at radius 3 is 2.61 bits per heavy atom. The van der Waals surface area contributed by atoms with Crippen LogP contribution in [0.25, 0.3) is 11.8 Å². The van der Waals surface area contributed by atoms with Crippen molar-refractivity contribution in [2.24, 2.45) is 4.99 Å². The van der Waals surface area contributed by atoms with Crippen molar-refractivity contribution in [3.8, 4) is 17.2 Å². The lowest BCUT2D eigenvalue weighted by Gasteiger charge is -2.31. The summed E-state index contributed by atoms with van der Waals surface area (Å²) >= 11 is 1.37. The van der Waals surface area contributed by atoms with E-state index < -0.39 is 0 Å². The van der Waals surface area contributed by atoms with Crippen molar-refractivity contribution in [2.45, 2.75) is 18.9 Å². The van der Waals surface area contributed by atoms with Gasteiger partial charge in [0.25, 0.3) is 5.56 Å². The van der Waals surface area contributed by atoms with Crippen molar-refractivity contribution in [2.75, 3.05) is 14.2 Å². The lowest BCUT2D eigenvalue weighted by molar-refractivity contribution is 0.392. The Hall–Kier alpha value is -4.10. The first-order valence-corrected chi connectivity index (χ1v) is 12.5. The zero-order valence-electron chi connectivity index (χ0n) is 19.9. The van der Waals surface area contributed by atoms with E-state index in [4.69, 9.17) is 14.5 Å². The predicted molar refractivity (Wildman–Crippen MR) is 140 cm³/mol. The third-order valence-electron chi connectivity index (χ3n) is 6.80. The summed E-state index contributed by atoms with van der Waals surface area (Å²) in [6, 6.07) is 20.5. The molecule has 2 heterocycles. The van der Waals surface area contributed by atoms with Gasteiger partial charge in [-0.1, -0.05) is 47.7 Å². The average Bonchev–Trinajstić information content (AvgIpc) is 3.22. The maximum absolute atomic E-state index is 13.9. The molecule has 6 rings (SSSR count). The fourth-order valence-electron chi connectivity index (χ4n) is 5.07. The molecule has 1 N–H and O–H groups in total. The number of fused-ring (bicyclic) bond motifs is 3. The van der Waals surface area contributed by atoms with Gasteiger partial charge < -0.3 is 14.6 Å². The van der Waals surface area contributed by atoms with Crippen molar-refractivity contribution in [3.63, 3.8) is 0 Å². The zero-order chi connectivity index (χ0) is 24.8. The Morgan fingerprint density at radius 1 is 1.03 bits per heavy atom. The fraction of sp³-hybridized carbons (Fsp3) is 0.172. The average molecular weight is 497 g/mol. The van der Waals surface area contributed by atoms with E-state index in [-0.39, 0.29) is 17.4 Å². The van der Waals surface area contributed by atoms with Gasteiger partial charge in [0.15, 0.2) is 4.80 Å². The molecule has 6 nitrogen and oxygen atoms in total. The summed E-state index contributed by atoms with van der Waals surface area (Å²) < 4.78 is 13.7. The number of phenolic OH excluding ortho intramolecular Hbond substituents is 1. The van der Waals surface area contributed by atoms with Crippen molar-refractivity contribution in [1.29, 1.82) is 0 Å². The van der Waals surface area contributed by atoms with E-state index in [0.29, 0.717) is 20.8 Å². The van der Waals surface area contributed by atoms with E-state index in [1.165, 1.54) is 16.9 Å². The zero-order valence-corrected chi connectivity index (χ0v) is 20.7. The van der Waals surface area contributed by atoms with Crippen LogP contribution in [0, 0.1) is 0 Å². The Bertz CT molecular complexity index is 1700. The molecule has 3 aromatic carbocycles. The van der Waals surface area contributed by atoms with Gasteiger partial charge in [0.05, 0.1) is 30.5 Å². The molecule has 7 heteroatoms. The van der Waals surface area contributed by atoms with Crippen molar-refractivity contribution < 1.29 is 14.6 Å². The number of benzene rings is 3. The molecule has 0 unspecified atom stereocenters. The van der Waals surface area contributed by atoms with Gasteiger partial charge in [0, 0.05) is 11.1 Å². The summed E-state index contributed by atoms with van der Waals surface area (Å²) in [4.78, 5) is 19.6. The molecule has 2 aliphatic rings. The number of aromatic nitrogens is 1. The minimum atomic E-state index is -0.364. The van der Waals surface area contributed by atoms with Crippen LogP contribution in [-0.4, -0.2) is 23.9 Å². The number of rotatable bonds is 4. The van der Waals surface area contributed by atoms with Crippen LogP contribution in [0.3, 0.4) is 0 Å². The number of phenols is 1. The third kappa shape index (κ3) is 3.63. The SMILES string of the molecule is COc1ccc(OC)c([C@H]2C3=C(N=c4s/c(=C/c5ccc(O)cc5)c(=O)n42)c2ccccc2CC3)c1. The molecule has 0 saturated carbocycles. The standard InChI is InChI=1S/C29H24N2O4S/c1-34-20-12-14-24(35-2)23(16-20)27-22-13-9-18-5-3-4-6-21(18)26(22)30-29-31(27)28(33)25(36-29)15-17-7-10-19(32)11-8-17/h3-8,10-12,14-16,27,32H,9,13H2,1-2H3/b25-15+/t27-/m1/s1. The Labute approximate surface area is 211 Å². The number of methoxy groups -OCH3 is 2. The second-order valence-electron chi connectivity index (χ2n) is 8.81. The largest absolute Gasteiger partial charge is 0.508 e. The molecule has 0 bridgehead atoms. The minimum absolute atomic E-state index is 0.105. The van der Waals surface area contributed by atoms with Crippen LogP contribution in [0.15, 0.2) is 82.1 Å². The van der Waals surface area contributed by atoms with E-state index in [9.17, 15) is 9.90 Å². The fourth-order valence-corrected chi connectivity index (χ4v) is 6.07. The maximum atomic E-state index is 13.9. The number of ether oxygens (including phenoxy) is 2. The Kier molecular flexibility index (Phi) is 5.49. The maximum Gasteiger partial charge on any atom is 0.271 e. The molecular formula is C29H24N2O4S. The minimum Gasteiger partial charge on any atom is -0.508 e. The van der Waals surface area contributed by atoms with E-state index in [2.05, 4.69) is 18.2 Å². The number of aryl methyl sites for hydroxylation is 1. The molecule has 0 saturated heterocycles. The molecule has 0 radical (unpaired) electrons. The van der Waals surface area contributed by atoms with E-state index >= 15 is 0 Å². The summed E-state index contributed by atoms with van der Waals surface area (Å²) in [6.07, 6.45) is 3.52. The second kappa shape index (κ2) is 8.84. The second-order valence-corrected chi connectivity index (χ2v) is 9.82. The normalized spacial score (nSPS) is 16.6. The van der Waals surface area contributed by atoms with Gasteiger partial charge >= 0.3 is 0 Å². The molecule has 36 heavy (non-hydrogen) atoms. The molecule has 1 aromatic heterocycles. The molecule has 1 atom stereocenters. The monoisotopic (exact) mass is 496 g/mol.